The van der Waals surface area contributed by atoms with Gasteiger partial charge in [0, 0.05) is 23.2 Å². The largest absolute Gasteiger partial charge is 0.481 e. The van der Waals surface area contributed by atoms with E-state index >= 15 is 0 Å². The Morgan fingerprint density at radius 3 is 2.11 bits per heavy atom. The lowest BCUT2D eigenvalue weighted by Crippen LogP contribution is -2.57. The van der Waals surface area contributed by atoms with Crippen LogP contribution in [0.15, 0.2) is 8.96 Å². The third kappa shape index (κ3) is 1.40. The maximum Gasteiger partial charge on any atom is 0.308 e. The quantitative estimate of drug-likeness (QED) is 0.465. The van der Waals surface area contributed by atoms with Gasteiger partial charge in [-0.1, -0.05) is 63.7 Å². The van der Waals surface area contributed by atoms with Crippen molar-refractivity contribution in [2.24, 2.45) is 5.92 Å². The van der Waals surface area contributed by atoms with Gasteiger partial charge < -0.3 is 14.6 Å². The van der Waals surface area contributed by atoms with Crippen LogP contribution in [0, 0.1) is 5.92 Å². The van der Waals surface area contributed by atoms with Gasteiger partial charge in [-0.3, -0.25) is 4.79 Å². The summed E-state index contributed by atoms with van der Waals surface area (Å²) in [5, 5.41) is 9.42. The highest BCUT2D eigenvalue weighted by molar-refractivity contribution is 9.16. The van der Waals surface area contributed by atoms with Gasteiger partial charge in [-0.05, 0) is 6.42 Å². The topological polar surface area (TPSA) is 55.8 Å². The summed E-state index contributed by atoms with van der Waals surface area (Å²) < 4.78 is 10.9. The van der Waals surface area contributed by atoms with Crippen LogP contribution in [-0.2, 0) is 14.3 Å². The number of alkyl halides is 2. The van der Waals surface area contributed by atoms with Gasteiger partial charge in [0.25, 0.3) is 0 Å². The summed E-state index contributed by atoms with van der Waals surface area (Å²) in [4.78, 5) is 11.5. The van der Waals surface area contributed by atoms with E-state index in [-0.39, 0.29) is 0 Å². The zero-order chi connectivity index (χ0) is 13.9. The average Bonchev–Trinajstić information content (AvgIpc) is 2.60. The maximum absolute atomic E-state index is 11.5. The SMILES string of the molecule is COC1(OC)C2(Br)CC(C(=O)O)C1(Br)C(Br)=C2Br. The first-order valence-electron chi connectivity index (χ1n) is 5.00. The molecule has 1 N–H and O–H groups in total. The van der Waals surface area contributed by atoms with Crippen LogP contribution >= 0.6 is 63.7 Å². The molecule has 4 nitrogen and oxygen atoms in total. The molecule has 0 heterocycles. The Bertz CT molecular complexity index is 447. The molecule has 0 aromatic heterocycles. The minimum Gasteiger partial charge on any atom is -0.481 e. The molecule has 2 aliphatic rings. The molecule has 1 saturated carbocycles. The van der Waals surface area contributed by atoms with Gasteiger partial charge in [0.05, 0.1) is 5.92 Å². The maximum atomic E-state index is 11.5. The van der Waals surface area contributed by atoms with Crippen LogP contribution in [0.1, 0.15) is 6.42 Å². The Kier molecular flexibility index (Phi) is 3.88. The third-order valence-electron chi connectivity index (χ3n) is 3.70. The molecular weight excluding hydrogens is 504 g/mol. The van der Waals surface area contributed by atoms with Gasteiger partial charge in [-0.2, -0.15) is 0 Å². The molecule has 0 saturated heterocycles. The Balaban J connectivity index is 2.73. The molecule has 8 heteroatoms. The van der Waals surface area contributed by atoms with E-state index < -0.39 is 26.3 Å². The lowest BCUT2D eigenvalue weighted by molar-refractivity contribution is -0.213. The molecule has 3 unspecified atom stereocenters. The van der Waals surface area contributed by atoms with Crippen molar-refractivity contribution in [3.05, 3.63) is 8.96 Å². The van der Waals surface area contributed by atoms with E-state index in [2.05, 4.69) is 63.7 Å². The first-order valence-corrected chi connectivity index (χ1v) is 8.17. The van der Waals surface area contributed by atoms with E-state index in [0.717, 1.165) is 4.48 Å². The highest BCUT2D eigenvalue weighted by Crippen LogP contribution is 2.73. The molecule has 3 atom stereocenters. The number of halogens is 4. The molecule has 0 aromatic rings. The number of carbonyl (C=O) groups is 1. The summed E-state index contributed by atoms with van der Waals surface area (Å²) in [7, 11) is 3.01. The third-order valence-corrected chi connectivity index (χ3v) is 10.1. The average molecular weight is 514 g/mol. The van der Waals surface area contributed by atoms with Gasteiger partial charge >= 0.3 is 5.97 Å². The first-order chi connectivity index (χ1) is 8.23. The molecule has 2 bridgehead atoms. The number of rotatable bonds is 3. The van der Waals surface area contributed by atoms with Crippen molar-refractivity contribution in [2.45, 2.75) is 20.9 Å². The molecule has 102 valence electrons. The minimum absolute atomic E-state index is 0.352. The van der Waals surface area contributed by atoms with Crippen LogP contribution in [0.25, 0.3) is 0 Å². The fourth-order valence-electron chi connectivity index (χ4n) is 2.90. The van der Waals surface area contributed by atoms with Gasteiger partial charge in [0.2, 0.25) is 5.79 Å². The molecule has 2 rings (SSSR count). The van der Waals surface area contributed by atoms with Crippen LogP contribution in [0.2, 0.25) is 0 Å². The van der Waals surface area contributed by atoms with Crippen molar-refractivity contribution in [1.29, 1.82) is 0 Å². The van der Waals surface area contributed by atoms with E-state index in [9.17, 15) is 9.90 Å². The van der Waals surface area contributed by atoms with Crippen LogP contribution in [0.5, 0.6) is 0 Å². The Hall–Kier alpha value is 1.05. The van der Waals surface area contributed by atoms with Crippen molar-refractivity contribution in [1.82, 2.24) is 0 Å². The van der Waals surface area contributed by atoms with Crippen molar-refractivity contribution >= 4 is 69.7 Å². The lowest BCUT2D eigenvalue weighted by atomic mass is 9.92. The molecule has 1 fully saturated rings. The number of fused-ring (bicyclic) bond motifs is 2. The van der Waals surface area contributed by atoms with E-state index in [1.54, 1.807) is 0 Å². The van der Waals surface area contributed by atoms with E-state index in [1.807, 2.05) is 0 Å². The molecular formula is C10H10Br4O4. The van der Waals surface area contributed by atoms with Crippen LogP contribution in [0.3, 0.4) is 0 Å². The standard InChI is InChI=1S/C10H10Br4O4/c1-17-10(18-2)8(13)3-4(7(15)16)9(10,14)6(12)5(8)11/h4H,3H2,1-2H3,(H,15,16). The number of aliphatic carboxylic acids is 1. The number of carboxylic acids is 1. The minimum atomic E-state index is -1.14. The second kappa shape index (κ2) is 4.53. The second-order valence-corrected chi connectivity index (χ2v) is 8.45. The fraction of sp³-hybridized carbons (Fsp3) is 0.700. The van der Waals surface area contributed by atoms with Gasteiger partial charge in [-0.15, -0.1) is 0 Å². The molecule has 0 amide bonds. The van der Waals surface area contributed by atoms with Gasteiger partial charge in [0.15, 0.2) is 0 Å². The molecule has 0 radical (unpaired) electrons. The van der Waals surface area contributed by atoms with Gasteiger partial charge in [-0.25, -0.2) is 0 Å². The summed E-state index contributed by atoms with van der Waals surface area (Å²) in [6.45, 7) is 0. The van der Waals surface area contributed by atoms with Gasteiger partial charge in [0.1, 0.15) is 8.65 Å². The highest BCUT2D eigenvalue weighted by Gasteiger charge is 2.81. The van der Waals surface area contributed by atoms with Crippen LogP contribution < -0.4 is 0 Å². The normalized spacial score (nSPS) is 41.6. The number of hydrogen-bond acceptors (Lipinski definition) is 3. The predicted octanol–water partition coefficient (Wildman–Crippen LogP) is 3.36. The Labute approximate surface area is 138 Å². The number of carboxylic acid groups (broad SMARTS) is 1. The Morgan fingerprint density at radius 1 is 1.28 bits per heavy atom. The lowest BCUT2D eigenvalue weighted by Gasteiger charge is -2.41. The zero-order valence-electron chi connectivity index (χ0n) is 9.47. The summed E-state index contributed by atoms with van der Waals surface area (Å²) in [5.41, 5.74) is 0. The smallest absolute Gasteiger partial charge is 0.308 e. The van der Waals surface area contributed by atoms with E-state index in [4.69, 9.17) is 9.47 Å². The van der Waals surface area contributed by atoms with Crippen molar-refractivity contribution in [3.8, 4) is 0 Å². The number of methoxy groups -OCH3 is 2. The van der Waals surface area contributed by atoms with Crippen molar-refractivity contribution in [3.63, 3.8) is 0 Å². The van der Waals surface area contributed by atoms with E-state index in [0.29, 0.717) is 10.9 Å². The summed E-state index contributed by atoms with van der Waals surface area (Å²) in [5.74, 6) is -2.71. The molecule has 2 aliphatic carbocycles. The van der Waals surface area contributed by atoms with Crippen LogP contribution in [0.4, 0.5) is 0 Å². The molecule has 18 heavy (non-hydrogen) atoms. The summed E-state index contributed by atoms with van der Waals surface area (Å²) in [6, 6.07) is 0. The molecule has 0 aromatic carbocycles. The van der Waals surface area contributed by atoms with Crippen molar-refractivity contribution in [2.75, 3.05) is 14.2 Å². The summed E-state index contributed by atoms with van der Waals surface area (Å²) in [6.07, 6.45) is 0.352. The van der Waals surface area contributed by atoms with Crippen LogP contribution in [-0.4, -0.2) is 39.7 Å². The second-order valence-electron chi connectivity index (χ2n) is 4.26. The number of ether oxygens (including phenoxy) is 2. The monoisotopic (exact) mass is 510 g/mol. The molecule has 0 aliphatic heterocycles. The summed E-state index contributed by atoms with van der Waals surface area (Å²) >= 11 is 14.1. The highest BCUT2D eigenvalue weighted by atomic mass is 79.9. The first kappa shape index (κ1) is 15.4. The number of hydrogen-bond donors (Lipinski definition) is 1. The zero-order valence-corrected chi connectivity index (χ0v) is 15.8. The Morgan fingerprint density at radius 2 is 1.78 bits per heavy atom. The predicted molar refractivity (Wildman–Crippen MR) is 80.7 cm³/mol. The molecule has 0 spiro atoms. The van der Waals surface area contributed by atoms with Crippen molar-refractivity contribution < 1.29 is 19.4 Å². The van der Waals surface area contributed by atoms with E-state index in [1.165, 1.54) is 14.2 Å². The fourth-order valence-corrected chi connectivity index (χ4v) is 7.69.